The fourth-order valence-electron chi connectivity index (χ4n) is 3.03. The molecule has 3 heterocycles. The quantitative estimate of drug-likeness (QED) is 0.347. The van der Waals surface area contributed by atoms with E-state index in [9.17, 15) is 4.79 Å². The van der Waals surface area contributed by atoms with Gasteiger partial charge in [-0.25, -0.2) is 9.66 Å². The third-order valence-corrected chi connectivity index (χ3v) is 6.15. The summed E-state index contributed by atoms with van der Waals surface area (Å²) in [6, 6.07) is 13.4. The fourth-order valence-corrected chi connectivity index (χ4v) is 4.12. The van der Waals surface area contributed by atoms with E-state index < -0.39 is 0 Å². The van der Waals surface area contributed by atoms with Gasteiger partial charge in [-0.2, -0.15) is 0 Å². The molecule has 3 aromatic heterocycles. The van der Waals surface area contributed by atoms with Crippen LogP contribution in [-0.2, 0) is 11.2 Å². The van der Waals surface area contributed by atoms with Gasteiger partial charge >= 0.3 is 0 Å². The van der Waals surface area contributed by atoms with Gasteiger partial charge < -0.3 is 5.84 Å². The van der Waals surface area contributed by atoms with E-state index in [4.69, 9.17) is 5.84 Å². The Balaban J connectivity index is 1.54. The summed E-state index contributed by atoms with van der Waals surface area (Å²) in [7, 11) is 0. The van der Waals surface area contributed by atoms with Gasteiger partial charge in [0.1, 0.15) is 5.65 Å². The number of hydrogen-bond donors (Lipinski definition) is 1. The second kappa shape index (κ2) is 7.88. The highest BCUT2D eigenvalue weighted by molar-refractivity contribution is 9.10. The molecule has 0 unspecified atom stereocenters. The lowest BCUT2D eigenvalue weighted by molar-refractivity contribution is 0.590. The van der Waals surface area contributed by atoms with Crippen molar-refractivity contribution in [3.05, 3.63) is 74.7 Å². The first kappa shape index (κ1) is 20.6. The Hall–Kier alpha value is -2.65. The van der Waals surface area contributed by atoms with Crippen molar-refractivity contribution in [2.75, 3.05) is 5.84 Å². The van der Waals surface area contributed by atoms with Gasteiger partial charge in [-0.1, -0.05) is 56.8 Å². The van der Waals surface area contributed by atoms with E-state index in [2.05, 4.69) is 64.0 Å². The van der Waals surface area contributed by atoms with Crippen LogP contribution in [0.2, 0.25) is 0 Å². The van der Waals surface area contributed by atoms with E-state index in [0.717, 1.165) is 10.0 Å². The van der Waals surface area contributed by atoms with Crippen molar-refractivity contribution in [1.82, 2.24) is 24.3 Å². The molecular weight excluding hydrogens is 464 g/mol. The molecule has 4 rings (SSSR count). The largest absolute Gasteiger partial charge is 0.335 e. The smallest absolute Gasteiger partial charge is 0.258 e. The normalized spacial score (nSPS) is 11.9. The molecule has 0 spiro atoms. The molecule has 0 amide bonds. The van der Waals surface area contributed by atoms with Gasteiger partial charge in [-0.3, -0.25) is 9.20 Å². The Morgan fingerprint density at radius 2 is 1.83 bits per heavy atom. The predicted octanol–water partition coefficient (Wildman–Crippen LogP) is 4.02. The number of nitrogens with zero attached hydrogens (tertiary/aromatic N) is 5. The zero-order valence-corrected chi connectivity index (χ0v) is 19.2. The Kier molecular flexibility index (Phi) is 5.42. The van der Waals surface area contributed by atoms with Crippen molar-refractivity contribution in [1.29, 1.82) is 0 Å². The van der Waals surface area contributed by atoms with Crippen LogP contribution < -0.4 is 11.4 Å². The monoisotopic (exact) mass is 484 g/mol. The van der Waals surface area contributed by atoms with E-state index >= 15 is 0 Å². The molecule has 0 radical (unpaired) electrons. The zero-order valence-electron chi connectivity index (χ0n) is 16.8. The number of thioether (sulfide) groups is 1. The molecule has 154 valence electrons. The molecular formula is C21H21BrN6OS. The summed E-state index contributed by atoms with van der Waals surface area (Å²) in [4.78, 5) is 16.9. The highest BCUT2D eigenvalue weighted by Gasteiger charge is 2.16. The lowest BCUT2D eigenvalue weighted by Gasteiger charge is -2.19. The van der Waals surface area contributed by atoms with Gasteiger partial charge in [0.05, 0.1) is 5.69 Å². The lowest BCUT2D eigenvalue weighted by Crippen LogP contribution is -2.15. The number of nitrogen functional groups attached to an aromatic ring is 1. The SMILES string of the molecule is CC(C)(C)c1ccc(-c2nnc(SCc3cc(=O)n4cc(Br)ccc4n3)n2N)cc1. The first-order chi connectivity index (χ1) is 14.2. The van der Waals surface area contributed by atoms with Crippen LogP contribution in [0.15, 0.2) is 63.1 Å². The summed E-state index contributed by atoms with van der Waals surface area (Å²) in [6.45, 7) is 6.52. The van der Waals surface area contributed by atoms with E-state index in [1.165, 1.54) is 32.5 Å². The van der Waals surface area contributed by atoms with E-state index in [1.807, 2.05) is 18.2 Å². The van der Waals surface area contributed by atoms with Crippen molar-refractivity contribution >= 4 is 33.3 Å². The van der Waals surface area contributed by atoms with E-state index in [0.29, 0.717) is 28.1 Å². The maximum absolute atomic E-state index is 12.4. The van der Waals surface area contributed by atoms with Crippen LogP contribution in [-0.4, -0.2) is 24.3 Å². The number of nitrogens with two attached hydrogens (primary N) is 1. The van der Waals surface area contributed by atoms with Crippen molar-refractivity contribution < 1.29 is 0 Å². The Morgan fingerprint density at radius 1 is 1.10 bits per heavy atom. The van der Waals surface area contributed by atoms with Crippen LogP contribution in [0.5, 0.6) is 0 Å². The minimum absolute atomic E-state index is 0.0809. The predicted molar refractivity (Wildman–Crippen MR) is 123 cm³/mol. The molecule has 0 saturated carbocycles. The molecule has 0 aliphatic rings. The number of hydrogen-bond acceptors (Lipinski definition) is 6. The molecule has 0 aliphatic heterocycles. The molecule has 9 heteroatoms. The van der Waals surface area contributed by atoms with Gasteiger partial charge in [-0.05, 0) is 39.0 Å². The number of halogens is 1. The molecule has 2 N–H and O–H groups in total. The van der Waals surface area contributed by atoms with Gasteiger partial charge in [0, 0.05) is 28.1 Å². The molecule has 1 aromatic carbocycles. The van der Waals surface area contributed by atoms with Gasteiger partial charge in [0.2, 0.25) is 5.16 Å². The van der Waals surface area contributed by atoms with Crippen molar-refractivity contribution in [3.63, 3.8) is 0 Å². The lowest BCUT2D eigenvalue weighted by atomic mass is 9.87. The van der Waals surface area contributed by atoms with Crippen LogP contribution in [0.4, 0.5) is 0 Å². The number of pyridine rings is 1. The minimum Gasteiger partial charge on any atom is -0.335 e. The van der Waals surface area contributed by atoms with Crippen molar-refractivity contribution in [2.45, 2.75) is 37.1 Å². The topological polar surface area (TPSA) is 91.1 Å². The maximum atomic E-state index is 12.4. The van der Waals surface area contributed by atoms with Gasteiger partial charge in [0.25, 0.3) is 5.56 Å². The Bertz CT molecular complexity index is 1270. The van der Waals surface area contributed by atoms with Crippen LogP contribution in [0.25, 0.3) is 17.0 Å². The second-order valence-electron chi connectivity index (χ2n) is 7.95. The number of aromatic nitrogens is 5. The summed E-state index contributed by atoms with van der Waals surface area (Å²) in [5, 5.41) is 9.01. The summed E-state index contributed by atoms with van der Waals surface area (Å²) < 4.78 is 3.80. The molecule has 0 aliphatic carbocycles. The number of rotatable bonds is 4. The Morgan fingerprint density at radius 3 is 2.53 bits per heavy atom. The third-order valence-electron chi connectivity index (χ3n) is 4.70. The summed E-state index contributed by atoms with van der Waals surface area (Å²) in [6.07, 6.45) is 1.70. The van der Waals surface area contributed by atoms with E-state index in [1.54, 1.807) is 12.3 Å². The second-order valence-corrected chi connectivity index (χ2v) is 9.81. The molecule has 4 aromatic rings. The molecule has 0 bridgehead atoms. The summed E-state index contributed by atoms with van der Waals surface area (Å²) in [5.41, 5.74) is 3.34. The molecule has 0 saturated heterocycles. The highest BCUT2D eigenvalue weighted by atomic mass is 79.9. The molecule has 30 heavy (non-hydrogen) atoms. The van der Waals surface area contributed by atoms with Crippen molar-refractivity contribution in [2.24, 2.45) is 0 Å². The first-order valence-electron chi connectivity index (χ1n) is 9.34. The van der Waals surface area contributed by atoms with Crippen molar-refractivity contribution in [3.8, 4) is 11.4 Å². The summed E-state index contributed by atoms with van der Waals surface area (Å²) >= 11 is 4.75. The fraction of sp³-hybridized carbons (Fsp3) is 0.238. The average molecular weight is 485 g/mol. The minimum atomic E-state index is -0.134. The molecule has 0 atom stereocenters. The summed E-state index contributed by atoms with van der Waals surface area (Å²) in [5.74, 6) is 7.29. The third kappa shape index (κ3) is 4.13. The maximum Gasteiger partial charge on any atom is 0.258 e. The van der Waals surface area contributed by atoms with Crippen LogP contribution in [0.1, 0.15) is 32.0 Å². The van der Waals surface area contributed by atoms with E-state index in [-0.39, 0.29) is 11.0 Å². The van der Waals surface area contributed by atoms with Gasteiger partial charge in [0.15, 0.2) is 5.82 Å². The number of benzene rings is 1. The van der Waals surface area contributed by atoms with Crippen LogP contribution in [0.3, 0.4) is 0 Å². The zero-order chi connectivity index (χ0) is 21.5. The first-order valence-corrected chi connectivity index (χ1v) is 11.1. The number of fused-ring (bicyclic) bond motifs is 1. The average Bonchev–Trinajstić information content (AvgIpc) is 3.07. The molecule has 0 fully saturated rings. The molecule has 7 nitrogen and oxygen atoms in total. The van der Waals surface area contributed by atoms with Crippen LogP contribution >= 0.6 is 27.7 Å². The Labute approximate surface area is 186 Å². The standard InChI is InChI=1S/C21H21BrN6OS/c1-21(2,3)14-6-4-13(5-7-14)19-25-26-20(28(19)23)30-12-16-10-18(29)27-11-15(22)8-9-17(27)24-16/h4-11H,12,23H2,1-3H3. The van der Waals surface area contributed by atoms with Crippen LogP contribution in [0, 0.1) is 0 Å². The highest BCUT2D eigenvalue weighted by Crippen LogP contribution is 2.27. The van der Waals surface area contributed by atoms with Gasteiger partial charge in [-0.15, -0.1) is 10.2 Å².